The van der Waals surface area contributed by atoms with Gasteiger partial charge in [0.15, 0.2) is 0 Å². The second-order valence-electron chi connectivity index (χ2n) is 7.24. The summed E-state index contributed by atoms with van der Waals surface area (Å²) in [6.45, 7) is 6.83. The Bertz CT molecular complexity index is 938. The number of piperazine rings is 1. The Morgan fingerprint density at radius 1 is 0.897 bits per heavy atom. The minimum absolute atomic E-state index is 0.571. The lowest BCUT2D eigenvalue weighted by atomic mass is 10.2. The van der Waals surface area contributed by atoms with Crippen molar-refractivity contribution >= 4 is 5.82 Å². The van der Waals surface area contributed by atoms with Gasteiger partial charge in [-0.2, -0.15) is 0 Å². The largest absolute Gasteiger partial charge is 0.497 e. The van der Waals surface area contributed by atoms with Gasteiger partial charge in [-0.05, 0) is 42.3 Å². The van der Waals surface area contributed by atoms with Crippen LogP contribution in [0.5, 0.6) is 17.4 Å². The predicted molar refractivity (Wildman–Crippen MR) is 114 cm³/mol. The van der Waals surface area contributed by atoms with Crippen LogP contribution in [0.1, 0.15) is 11.1 Å². The lowest BCUT2D eigenvalue weighted by Crippen LogP contribution is -2.46. The number of hydrogen-bond acceptors (Lipinski definition) is 6. The van der Waals surface area contributed by atoms with Gasteiger partial charge in [-0.3, -0.25) is 4.90 Å². The number of nitrogens with zero attached hydrogens (tertiary/aromatic N) is 4. The van der Waals surface area contributed by atoms with Gasteiger partial charge in [-0.25, -0.2) is 9.97 Å². The molecule has 6 nitrogen and oxygen atoms in total. The monoisotopic (exact) mass is 390 g/mol. The van der Waals surface area contributed by atoms with Crippen LogP contribution in [0.15, 0.2) is 60.9 Å². The Labute approximate surface area is 171 Å². The fourth-order valence-electron chi connectivity index (χ4n) is 3.48. The summed E-state index contributed by atoms with van der Waals surface area (Å²) in [5, 5.41) is 0. The fraction of sp³-hybridized carbons (Fsp3) is 0.304. The van der Waals surface area contributed by atoms with E-state index >= 15 is 0 Å². The van der Waals surface area contributed by atoms with Crippen molar-refractivity contribution in [3.05, 3.63) is 72.1 Å². The molecule has 2 aromatic carbocycles. The number of anilines is 1. The van der Waals surface area contributed by atoms with Gasteiger partial charge in [0.2, 0.25) is 5.88 Å². The molecule has 4 rings (SSSR count). The Hall–Kier alpha value is -3.12. The predicted octanol–water partition coefficient (Wildman–Crippen LogP) is 3.91. The molecule has 0 unspecified atom stereocenters. The maximum absolute atomic E-state index is 5.91. The van der Waals surface area contributed by atoms with Crippen molar-refractivity contribution in [2.75, 3.05) is 38.2 Å². The molecule has 1 fully saturated rings. The second-order valence-corrected chi connectivity index (χ2v) is 7.24. The molecule has 0 aliphatic carbocycles. The van der Waals surface area contributed by atoms with E-state index in [0.29, 0.717) is 5.88 Å². The maximum Gasteiger partial charge on any atom is 0.224 e. The minimum Gasteiger partial charge on any atom is -0.497 e. The Morgan fingerprint density at radius 2 is 1.69 bits per heavy atom. The first-order valence-electron chi connectivity index (χ1n) is 9.86. The molecule has 0 amide bonds. The third-order valence-electron chi connectivity index (χ3n) is 5.10. The smallest absolute Gasteiger partial charge is 0.224 e. The van der Waals surface area contributed by atoms with E-state index < -0.39 is 0 Å². The molecule has 0 atom stereocenters. The van der Waals surface area contributed by atoms with Crippen LogP contribution in [0, 0.1) is 6.92 Å². The molecule has 6 heteroatoms. The number of aromatic nitrogens is 2. The van der Waals surface area contributed by atoms with Gasteiger partial charge in [0.05, 0.1) is 7.11 Å². The first-order valence-corrected chi connectivity index (χ1v) is 9.86. The van der Waals surface area contributed by atoms with Gasteiger partial charge in [-0.15, -0.1) is 0 Å². The van der Waals surface area contributed by atoms with E-state index in [1.54, 1.807) is 13.4 Å². The second kappa shape index (κ2) is 8.92. The van der Waals surface area contributed by atoms with Crippen molar-refractivity contribution in [3.8, 4) is 17.4 Å². The molecule has 29 heavy (non-hydrogen) atoms. The molecule has 1 aromatic heterocycles. The van der Waals surface area contributed by atoms with Crippen molar-refractivity contribution in [1.29, 1.82) is 0 Å². The molecule has 0 saturated carbocycles. The van der Waals surface area contributed by atoms with Crippen LogP contribution in [0.2, 0.25) is 0 Å². The number of hydrogen-bond donors (Lipinski definition) is 0. The van der Waals surface area contributed by atoms with Crippen molar-refractivity contribution in [2.24, 2.45) is 0 Å². The summed E-state index contributed by atoms with van der Waals surface area (Å²) in [5.41, 5.74) is 2.46. The van der Waals surface area contributed by atoms with Gasteiger partial charge >= 0.3 is 0 Å². The summed E-state index contributed by atoms with van der Waals surface area (Å²) >= 11 is 0. The van der Waals surface area contributed by atoms with Crippen LogP contribution in [-0.4, -0.2) is 48.2 Å². The highest BCUT2D eigenvalue weighted by Gasteiger charge is 2.19. The minimum atomic E-state index is 0.571. The standard InChI is InChI=1S/C23H26N4O2/c1-18-4-3-5-21(14-18)29-23-15-22(24-17-25-23)27-12-10-26(11-13-27)16-19-6-8-20(28-2)9-7-19/h3-9,14-15,17H,10-13,16H2,1-2H3. The van der Waals surface area contributed by atoms with E-state index in [-0.39, 0.29) is 0 Å². The lowest BCUT2D eigenvalue weighted by molar-refractivity contribution is 0.249. The normalized spacial score (nSPS) is 14.6. The Kier molecular flexibility index (Phi) is 5.91. The molecule has 2 heterocycles. The van der Waals surface area contributed by atoms with Gasteiger partial charge in [0.25, 0.3) is 0 Å². The molecule has 0 bridgehead atoms. The molecule has 1 saturated heterocycles. The van der Waals surface area contributed by atoms with Crippen LogP contribution >= 0.6 is 0 Å². The molecular weight excluding hydrogens is 364 g/mol. The highest BCUT2D eigenvalue weighted by atomic mass is 16.5. The maximum atomic E-state index is 5.91. The van der Waals surface area contributed by atoms with Crippen molar-refractivity contribution in [2.45, 2.75) is 13.5 Å². The molecule has 1 aliphatic heterocycles. The molecule has 1 aliphatic rings. The van der Waals surface area contributed by atoms with Crippen LogP contribution in [-0.2, 0) is 6.54 Å². The summed E-state index contributed by atoms with van der Waals surface area (Å²) in [7, 11) is 1.69. The van der Waals surface area contributed by atoms with Crippen molar-refractivity contribution in [3.63, 3.8) is 0 Å². The Morgan fingerprint density at radius 3 is 2.41 bits per heavy atom. The molecular formula is C23H26N4O2. The zero-order valence-electron chi connectivity index (χ0n) is 16.9. The van der Waals surface area contributed by atoms with Crippen LogP contribution in [0.4, 0.5) is 5.82 Å². The van der Waals surface area contributed by atoms with Gasteiger partial charge in [-0.1, -0.05) is 24.3 Å². The van der Waals surface area contributed by atoms with Gasteiger partial charge < -0.3 is 14.4 Å². The van der Waals surface area contributed by atoms with Crippen LogP contribution < -0.4 is 14.4 Å². The average Bonchev–Trinajstić information content (AvgIpc) is 2.75. The first kappa shape index (κ1) is 19.2. The van der Waals surface area contributed by atoms with Crippen molar-refractivity contribution in [1.82, 2.24) is 14.9 Å². The third kappa shape index (κ3) is 5.03. The highest BCUT2D eigenvalue weighted by molar-refractivity contribution is 5.42. The first-order chi connectivity index (χ1) is 14.2. The molecule has 0 radical (unpaired) electrons. The number of aryl methyl sites for hydroxylation is 1. The number of benzene rings is 2. The summed E-state index contributed by atoms with van der Waals surface area (Å²) in [6.07, 6.45) is 1.57. The van der Waals surface area contributed by atoms with E-state index in [4.69, 9.17) is 9.47 Å². The number of rotatable bonds is 6. The third-order valence-corrected chi connectivity index (χ3v) is 5.10. The van der Waals surface area contributed by atoms with E-state index in [2.05, 4.69) is 31.9 Å². The summed E-state index contributed by atoms with van der Waals surface area (Å²) in [6, 6.07) is 18.2. The van der Waals surface area contributed by atoms with E-state index in [1.807, 2.05) is 49.4 Å². The molecule has 150 valence electrons. The zero-order chi connectivity index (χ0) is 20.1. The van der Waals surface area contributed by atoms with E-state index in [0.717, 1.165) is 55.6 Å². The topological polar surface area (TPSA) is 50.7 Å². The molecule has 0 spiro atoms. The highest BCUT2D eigenvalue weighted by Crippen LogP contribution is 2.24. The average molecular weight is 390 g/mol. The molecule has 0 N–H and O–H groups in total. The quantitative estimate of drug-likeness (QED) is 0.636. The van der Waals surface area contributed by atoms with Crippen LogP contribution in [0.3, 0.4) is 0 Å². The summed E-state index contributed by atoms with van der Waals surface area (Å²) in [5.74, 6) is 3.16. The van der Waals surface area contributed by atoms with Crippen molar-refractivity contribution < 1.29 is 9.47 Å². The van der Waals surface area contributed by atoms with Gasteiger partial charge in [0, 0.05) is 38.8 Å². The Balaban J connectivity index is 1.34. The van der Waals surface area contributed by atoms with E-state index in [1.165, 1.54) is 5.56 Å². The van der Waals surface area contributed by atoms with Gasteiger partial charge in [0.1, 0.15) is 23.6 Å². The lowest BCUT2D eigenvalue weighted by Gasteiger charge is -2.35. The van der Waals surface area contributed by atoms with E-state index in [9.17, 15) is 0 Å². The summed E-state index contributed by atoms with van der Waals surface area (Å²) in [4.78, 5) is 13.5. The molecule has 3 aromatic rings. The SMILES string of the molecule is COc1ccc(CN2CCN(c3cc(Oc4cccc(C)c4)ncn3)CC2)cc1. The summed E-state index contributed by atoms with van der Waals surface area (Å²) < 4.78 is 11.1. The van der Waals surface area contributed by atoms with Crippen LogP contribution in [0.25, 0.3) is 0 Å². The zero-order valence-corrected chi connectivity index (χ0v) is 16.9. The number of ether oxygens (including phenoxy) is 2. The fourth-order valence-corrected chi connectivity index (χ4v) is 3.48. The number of methoxy groups -OCH3 is 1.